The number of benzene rings is 1. The number of Topliss-reactive ketones (excluding diaryl/α,β-unsaturated/α-hetero) is 1. The topological polar surface area (TPSA) is 55.8 Å². The van der Waals surface area contributed by atoms with Crippen molar-refractivity contribution >= 4 is 11.7 Å². The fourth-order valence-electron chi connectivity index (χ4n) is 3.34. The highest BCUT2D eigenvalue weighted by Crippen LogP contribution is 2.35. The van der Waals surface area contributed by atoms with E-state index in [4.69, 9.17) is 9.47 Å². The summed E-state index contributed by atoms with van der Waals surface area (Å²) in [6.45, 7) is 6.80. The molecule has 5 nitrogen and oxygen atoms in total. The SMILES string of the molecule is CC/C(=C\C=C(/C)CC(=O)C1=CC(=O)N(CCOC)C1c1ccc(C)cc1)OC. The highest BCUT2D eigenvalue weighted by Gasteiger charge is 2.36. The van der Waals surface area contributed by atoms with Gasteiger partial charge in [0.15, 0.2) is 5.78 Å². The molecule has 0 N–H and O–H groups in total. The summed E-state index contributed by atoms with van der Waals surface area (Å²) < 4.78 is 10.4. The van der Waals surface area contributed by atoms with Crippen LogP contribution in [0.4, 0.5) is 0 Å². The Kier molecular flexibility index (Phi) is 8.40. The lowest BCUT2D eigenvalue weighted by atomic mass is 9.93. The zero-order chi connectivity index (χ0) is 21.4. The van der Waals surface area contributed by atoms with E-state index < -0.39 is 0 Å². The third kappa shape index (κ3) is 5.91. The van der Waals surface area contributed by atoms with Gasteiger partial charge in [-0.3, -0.25) is 9.59 Å². The van der Waals surface area contributed by atoms with Crippen molar-refractivity contribution in [2.75, 3.05) is 27.4 Å². The first kappa shape index (κ1) is 22.6. The maximum atomic E-state index is 13.1. The van der Waals surface area contributed by atoms with E-state index in [0.717, 1.165) is 28.9 Å². The highest BCUT2D eigenvalue weighted by atomic mass is 16.5. The van der Waals surface area contributed by atoms with Gasteiger partial charge in [-0.1, -0.05) is 48.4 Å². The van der Waals surface area contributed by atoms with Crippen LogP contribution in [0.25, 0.3) is 0 Å². The summed E-state index contributed by atoms with van der Waals surface area (Å²) in [5, 5.41) is 0. The molecule has 1 aromatic carbocycles. The molecular weight excluding hydrogens is 366 g/mol. The number of hydrogen-bond donors (Lipinski definition) is 0. The van der Waals surface area contributed by atoms with Crippen molar-refractivity contribution in [1.82, 2.24) is 4.90 Å². The summed E-state index contributed by atoms with van der Waals surface area (Å²) in [7, 11) is 3.24. The van der Waals surface area contributed by atoms with Crippen molar-refractivity contribution in [1.29, 1.82) is 0 Å². The molecule has 0 radical (unpaired) electrons. The van der Waals surface area contributed by atoms with Crippen molar-refractivity contribution in [3.8, 4) is 0 Å². The lowest BCUT2D eigenvalue weighted by molar-refractivity contribution is -0.126. The van der Waals surface area contributed by atoms with Gasteiger partial charge in [-0.15, -0.1) is 0 Å². The summed E-state index contributed by atoms with van der Waals surface area (Å²) in [5.41, 5.74) is 3.53. The van der Waals surface area contributed by atoms with Gasteiger partial charge in [-0.2, -0.15) is 0 Å². The number of aryl methyl sites for hydroxylation is 1. The molecule has 1 aliphatic heterocycles. The predicted octanol–water partition coefficient (Wildman–Crippen LogP) is 4.30. The van der Waals surface area contributed by atoms with Crippen LogP contribution in [0, 0.1) is 6.92 Å². The summed E-state index contributed by atoms with van der Waals surface area (Å²) in [5.74, 6) is 0.668. The molecule has 0 aliphatic carbocycles. The molecule has 0 bridgehead atoms. The van der Waals surface area contributed by atoms with E-state index >= 15 is 0 Å². The summed E-state index contributed by atoms with van der Waals surface area (Å²) in [6, 6.07) is 7.59. The number of allylic oxidation sites excluding steroid dienone is 4. The first-order valence-electron chi connectivity index (χ1n) is 9.92. The molecule has 2 rings (SSSR count). The molecule has 0 spiro atoms. The van der Waals surface area contributed by atoms with E-state index in [1.54, 1.807) is 19.1 Å². The Bertz CT molecular complexity index is 812. The minimum atomic E-state index is -0.376. The summed E-state index contributed by atoms with van der Waals surface area (Å²) in [6.07, 6.45) is 6.33. The van der Waals surface area contributed by atoms with Crippen LogP contribution in [0.1, 0.15) is 43.9 Å². The normalized spacial score (nSPS) is 17.6. The predicted molar refractivity (Wildman–Crippen MR) is 114 cm³/mol. The zero-order valence-corrected chi connectivity index (χ0v) is 18.0. The number of rotatable bonds is 10. The maximum absolute atomic E-state index is 13.1. The number of methoxy groups -OCH3 is 2. The van der Waals surface area contributed by atoms with Crippen molar-refractivity contribution in [2.24, 2.45) is 0 Å². The Morgan fingerprint density at radius 3 is 2.45 bits per heavy atom. The molecule has 1 heterocycles. The lowest BCUT2D eigenvalue weighted by Gasteiger charge is -2.27. The van der Waals surface area contributed by atoms with Gasteiger partial charge in [-0.05, 0) is 25.5 Å². The minimum absolute atomic E-state index is 0.0403. The van der Waals surface area contributed by atoms with Gasteiger partial charge in [0.25, 0.3) is 0 Å². The standard InChI is InChI=1S/C24H31NO4/c1-6-20(29-5)12-9-18(3)15-22(26)21-16-23(27)25(13-14-28-4)24(21)19-10-7-17(2)8-11-19/h7-12,16,24H,6,13-15H2,1-5H3/b18-9+,20-12+. The monoisotopic (exact) mass is 397 g/mol. The zero-order valence-electron chi connectivity index (χ0n) is 18.0. The second kappa shape index (κ2) is 10.8. The van der Waals surface area contributed by atoms with E-state index in [1.165, 1.54) is 6.08 Å². The first-order chi connectivity index (χ1) is 13.9. The third-order valence-corrected chi connectivity index (χ3v) is 5.02. The minimum Gasteiger partial charge on any atom is -0.501 e. The molecule has 1 aromatic rings. The maximum Gasteiger partial charge on any atom is 0.247 e. The molecule has 0 saturated heterocycles. The number of hydrogen-bond acceptors (Lipinski definition) is 4. The van der Waals surface area contributed by atoms with Gasteiger partial charge in [0.2, 0.25) is 5.91 Å². The quantitative estimate of drug-likeness (QED) is 0.436. The first-order valence-corrected chi connectivity index (χ1v) is 9.92. The average Bonchev–Trinajstić information content (AvgIpc) is 3.04. The number of carbonyl (C=O) groups excluding carboxylic acids is 2. The van der Waals surface area contributed by atoms with E-state index in [-0.39, 0.29) is 24.2 Å². The molecule has 0 fully saturated rings. The van der Waals surface area contributed by atoms with Gasteiger partial charge in [0, 0.05) is 38.1 Å². The van der Waals surface area contributed by atoms with Gasteiger partial charge >= 0.3 is 0 Å². The fraction of sp³-hybridized carbons (Fsp3) is 0.417. The molecule has 0 aromatic heterocycles. The van der Waals surface area contributed by atoms with Crippen LogP contribution < -0.4 is 0 Å². The molecule has 29 heavy (non-hydrogen) atoms. The van der Waals surface area contributed by atoms with Gasteiger partial charge in [-0.25, -0.2) is 0 Å². The van der Waals surface area contributed by atoms with Crippen molar-refractivity contribution < 1.29 is 19.1 Å². The Labute approximate surface area is 173 Å². The second-order valence-electron chi connectivity index (χ2n) is 7.24. The lowest BCUT2D eigenvalue weighted by Crippen LogP contribution is -2.33. The van der Waals surface area contributed by atoms with E-state index in [2.05, 4.69) is 0 Å². The van der Waals surface area contributed by atoms with Gasteiger partial charge in [0.1, 0.15) is 0 Å². The second-order valence-corrected chi connectivity index (χ2v) is 7.24. The Morgan fingerprint density at radius 1 is 1.17 bits per heavy atom. The number of carbonyl (C=O) groups is 2. The Morgan fingerprint density at radius 2 is 1.86 bits per heavy atom. The van der Waals surface area contributed by atoms with Gasteiger partial charge < -0.3 is 14.4 Å². The molecule has 1 aliphatic rings. The van der Waals surface area contributed by atoms with Crippen molar-refractivity contribution in [3.63, 3.8) is 0 Å². The largest absolute Gasteiger partial charge is 0.501 e. The van der Waals surface area contributed by atoms with Crippen LogP contribution in [0.3, 0.4) is 0 Å². The van der Waals surface area contributed by atoms with E-state index in [0.29, 0.717) is 18.7 Å². The molecule has 5 heteroatoms. The molecule has 1 unspecified atom stereocenters. The molecule has 1 amide bonds. The van der Waals surface area contributed by atoms with E-state index in [9.17, 15) is 9.59 Å². The van der Waals surface area contributed by atoms with Crippen LogP contribution in [0.2, 0.25) is 0 Å². The average molecular weight is 398 g/mol. The Balaban J connectivity index is 2.27. The Hall–Kier alpha value is -2.66. The van der Waals surface area contributed by atoms with Crippen LogP contribution in [0.5, 0.6) is 0 Å². The summed E-state index contributed by atoms with van der Waals surface area (Å²) >= 11 is 0. The molecule has 1 atom stereocenters. The molecule has 156 valence electrons. The number of amides is 1. The fourth-order valence-corrected chi connectivity index (χ4v) is 3.34. The van der Waals surface area contributed by atoms with Crippen LogP contribution >= 0.6 is 0 Å². The number of ketones is 1. The van der Waals surface area contributed by atoms with Crippen LogP contribution in [-0.4, -0.2) is 44.0 Å². The summed E-state index contributed by atoms with van der Waals surface area (Å²) in [4.78, 5) is 27.4. The molecular formula is C24H31NO4. The number of nitrogens with zero attached hydrogens (tertiary/aromatic N) is 1. The van der Waals surface area contributed by atoms with Crippen LogP contribution in [-0.2, 0) is 19.1 Å². The van der Waals surface area contributed by atoms with Crippen molar-refractivity contribution in [2.45, 2.75) is 39.7 Å². The number of ether oxygens (including phenoxy) is 2. The van der Waals surface area contributed by atoms with Crippen LogP contribution in [0.15, 0.2) is 59.4 Å². The highest BCUT2D eigenvalue weighted by molar-refractivity contribution is 6.07. The smallest absolute Gasteiger partial charge is 0.247 e. The molecule has 0 saturated carbocycles. The van der Waals surface area contributed by atoms with E-state index in [1.807, 2.05) is 57.2 Å². The third-order valence-electron chi connectivity index (χ3n) is 5.02. The van der Waals surface area contributed by atoms with Gasteiger partial charge in [0.05, 0.1) is 25.5 Å². The van der Waals surface area contributed by atoms with Crippen molar-refractivity contribution in [3.05, 3.63) is 70.5 Å².